The van der Waals surface area contributed by atoms with Crippen LogP contribution in [0.1, 0.15) is 26.3 Å². The van der Waals surface area contributed by atoms with Crippen LogP contribution >= 0.6 is 31.9 Å². The second-order valence-corrected chi connectivity index (χ2v) is 6.68. The first-order valence-corrected chi connectivity index (χ1v) is 7.27. The number of carbonyl (C=O) groups is 1. The zero-order chi connectivity index (χ0) is 13.8. The Morgan fingerprint density at radius 2 is 2.00 bits per heavy atom. The van der Waals surface area contributed by atoms with Crippen molar-refractivity contribution in [2.45, 2.75) is 32.8 Å². The Hall–Kier alpha value is -0.550. The van der Waals surface area contributed by atoms with Crippen molar-refractivity contribution in [2.75, 3.05) is 6.54 Å². The lowest BCUT2D eigenvalue weighted by molar-refractivity contribution is 0.0528. The number of rotatable bonds is 3. The molecule has 0 spiro atoms. The smallest absolute Gasteiger partial charge is 0.407 e. The van der Waals surface area contributed by atoms with Crippen LogP contribution in [0.25, 0.3) is 0 Å². The number of hydrogen-bond acceptors (Lipinski definition) is 2. The molecule has 0 fully saturated rings. The van der Waals surface area contributed by atoms with Crippen molar-refractivity contribution in [2.24, 2.45) is 0 Å². The predicted molar refractivity (Wildman–Crippen MR) is 79.8 cm³/mol. The molecule has 0 radical (unpaired) electrons. The van der Waals surface area contributed by atoms with Crippen LogP contribution in [-0.2, 0) is 11.2 Å². The van der Waals surface area contributed by atoms with E-state index in [1.807, 2.05) is 39.0 Å². The molecule has 0 aliphatic carbocycles. The van der Waals surface area contributed by atoms with Gasteiger partial charge in [-0.2, -0.15) is 0 Å². The van der Waals surface area contributed by atoms with Gasteiger partial charge in [0, 0.05) is 15.5 Å². The van der Waals surface area contributed by atoms with E-state index >= 15 is 0 Å². The average molecular weight is 379 g/mol. The van der Waals surface area contributed by atoms with Gasteiger partial charge in [-0.3, -0.25) is 0 Å². The van der Waals surface area contributed by atoms with E-state index in [4.69, 9.17) is 4.74 Å². The summed E-state index contributed by atoms with van der Waals surface area (Å²) in [6.07, 6.45) is 0.368. The number of benzene rings is 1. The molecule has 1 N–H and O–H groups in total. The van der Waals surface area contributed by atoms with Gasteiger partial charge >= 0.3 is 6.09 Å². The number of amides is 1. The maximum atomic E-state index is 11.4. The Kier molecular flexibility index (Phi) is 5.66. The fourth-order valence-corrected chi connectivity index (χ4v) is 2.20. The van der Waals surface area contributed by atoms with Crippen LogP contribution in [0.3, 0.4) is 0 Å². The monoisotopic (exact) mass is 377 g/mol. The first-order chi connectivity index (χ1) is 8.28. The molecule has 3 nitrogen and oxygen atoms in total. The Morgan fingerprint density at radius 1 is 1.33 bits per heavy atom. The molecule has 5 heteroatoms. The van der Waals surface area contributed by atoms with Crippen LogP contribution in [0.2, 0.25) is 0 Å². The highest BCUT2D eigenvalue weighted by Gasteiger charge is 2.15. The molecular weight excluding hydrogens is 362 g/mol. The van der Waals surface area contributed by atoms with E-state index in [-0.39, 0.29) is 6.09 Å². The van der Waals surface area contributed by atoms with Crippen molar-refractivity contribution >= 4 is 38.0 Å². The van der Waals surface area contributed by atoms with Gasteiger partial charge in [-0.15, -0.1) is 0 Å². The minimum atomic E-state index is -0.458. The van der Waals surface area contributed by atoms with Gasteiger partial charge in [0.15, 0.2) is 0 Å². The summed E-state index contributed by atoms with van der Waals surface area (Å²) in [4.78, 5) is 11.4. The quantitative estimate of drug-likeness (QED) is 0.852. The minimum absolute atomic E-state index is 0.381. The van der Waals surface area contributed by atoms with Crippen LogP contribution < -0.4 is 5.32 Å². The molecule has 0 heterocycles. The summed E-state index contributed by atoms with van der Waals surface area (Å²) in [7, 11) is 0. The highest BCUT2D eigenvalue weighted by atomic mass is 79.9. The maximum absolute atomic E-state index is 11.4. The lowest BCUT2D eigenvalue weighted by atomic mass is 10.1. The summed E-state index contributed by atoms with van der Waals surface area (Å²) in [5.74, 6) is 0. The summed E-state index contributed by atoms with van der Waals surface area (Å²) in [5.41, 5.74) is 0.681. The van der Waals surface area contributed by atoms with Crippen LogP contribution in [0.15, 0.2) is 27.1 Å². The van der Waals surface area contributed by atoms with Gasteiger partial charge in [0.1, 0.15) is 5.60 Å². The third-order valence-electron chi connectivity index (χ3n) is 2.07. The Morgan fingerprint density at radius 3 is 2.61 bits per heavy atom. The van der Waals surface area contributed by atoms with E-state index < -0.39 is 5.60 Å². The second-order valence-electron chi connectivity index (χ2n) is 4.91. The molecule has 0 saturated heterocycles. The average Bonchev–Trinajstić information content (AvgIpc) is 2.20. The fraction of sp³-hybridized carbons (Fsp3) is 0.462. The first kappa shape index (κ1) is 15.5. The zero-order valence-electron chi connectivity index (χ0n) is 10.7. The normalized spacial score (nSPS) is 11.2. The second kappa shape index (κ2) is 6.57. The van der Waals surface area contributed by atoms with Crippen molar-refractivity contribution < 1.29 is 9.53 Å². The third-order valence-corrected chi connectivity index (χ3v) is 3.34. The van der Waals surface area contributed by atoms with Crippen LogP contribution in [0.4, 0.5) is 4.79 Å². The number of hydrogen-bond donors (Lipinski definition) is 1. The van der Waals surface area contributed by atoms with E-state index in [1.54, 1.807) is 0 Å². The highest BCUT2D eigenvalue weighted by Crippen LogP contribution is 2.21. The lowest BCUT2D eigenvalue weighted by Gasteiger charge is -2.19. The maximum Gasteiger partial charge on any atom is 0.407 e. The third kappa shape index (κ3) is 5.87. The van der Waals surface area contributed by atoms with Crippen LogP contribution in [0.5, 0.6) is 0 Å². The molecule has 0 unspecified atom stereocenters. The Bertz CT molecular complexity index is 427. The molecule has 1 amide bonds. The molecule has 0 aromatic heterocycles. The van der Waals surface area contributed by atoms with Crippen molar-refractivity contribution in [1.82, 2.24) is 5.32 Å². The van der Waals surface area contributed by atoms with Gasteiger partial charge in [-0.25, -0.2) is 4.79 Å². The molecule has 1 rings (SSSR count). The van der Waals surface area contributed by atoms with Gasteiger partial charge in [0.05, 0.1) is 0 Å². The molecule has 1 aromatic carbocycles. The Balaban J connectivity index is 2.42. The number of alkyl carbamates (subject to hydrolysis) is 1. The van der Waals surface area contributed by atoms with E-state index in [2.05, 4.69) is 37.2 Å². The molecule has 18 heavy (non-hydrogen) atoms. The van der Waals surface area contributed by atoms with Gasteiger partial charge < -0.3 is 10.1 Å². The number of carbonyl (C=O) groups excluding carboxylic acids is 1. The summed E-state index contributed by atoms with van der Waals surface area (Å²) >= 11 is 6.91. The van der Waals surface area contributed by atoms with Crippen molar-refractivity contribution in [3.63, 3.8) is 0 Å². The summed E-state index contributed by atoms with van der Waals surface area (Å²) in [6, 6.07) is 5.97. The largest absolute Gasteiger partial charge is 0.444 e. The molecule has 0 aliphatic rings. The number of nitrogens with one attached hydrogen (secondary N) is 1. The van der Waals surface area contributed by atoms with Gasteiger partial charge in [0.2, 0.25) is 0 Å². The number of halogens is 2. The molecule has 0 aliphatic heterocycles. The molecule has 100 valence electrons. The van der Waals surface area contributed by atoms with Crippen LogP contribution in [0, 0.1) is 0 Å². The predicted octanol–water partition coefficient (Wildman–Crippen LogP) is 4.28. The van der Waals surface area contributed by atoms with E-state index in [1.165, 1.54) is 0 Å². The molecule has 0 saturated carbocycles. The summed E-state index contributed by atoms with van der Waals surface area (Å²) in [5, 5.41) is 2.74. The van der Waals surface area contributed by atoms with Gasteiger partial charge in [0.25, 0.3) is 0 Å². The lowest BCUT2D eigenvalue weighted by Crippen LogP contribution is -2.33. The molecule has 0 atom stereocenters. The summed E-state index contributed by atoms with van der Waals surface area (Å²) in [6.45, 7) is 6.08. The standard InChI is InChI=1S/C13H17Br2NO2/c1-13(2,3)18-12(17)16-7-6-9-8-10(14)4-5-11(9)15/h4-5,8H,6-7H2,1-3H3,(H,16,17). The Labute approximate surface area is 125 Å². The van der Waals surface area contributed by atoms with Crippen LogP contribution in [-0.4, -0.2) is 18.2 Å². The van der Waals surface area contributed by atoms with Crippen molar-refractivity contribution in [3.05, 3.63) is 32.7 Å². The first-order valence-electron chi connectivity index (χ1n) is 5.69. The van der Waals surface area contributed by atoms with E-state index in [0.29, 0.717) is 6.54 Å². The minimum Gasteiger partial charge on any atom is -0.444 e. The zero-order valence-corrected chi connectivity index (χ0v) is 13.9. The molecular formula is C13H17Br2NO2. The topological polar surface area (TPSA) is 38.3 Å². The molecule has 0 bridgehead atoms. The van der Waals surface area contributed by atoms with E-state index in [0.717, 1.165) is 20.9 Å². The summed E-state index contributed by atoms with van der Waals surface area (Å²) < 4.78 is 7.22. The van der Waals surface area contributed by atoms with Gasteiger partial charge in [-0.05, 0) is 51.0 Å². The number of ether oxygens (including phenoxy) is 1. The van der Waals surface area contributed by atoms with E-state index in [9.17, 15) is 4.79 Å². The van der Waals surface area contributed by atoms with Crippen molar-refractivity contribution in [3.8, 4) is 0 Å². The highest BCUT2D eigenvalue weighted by molar-refractivity contribution is 9.11. The van der Waals surface area contributed by atoms with Crippen molar-refractivity contribution in [1.29, 1.82) is 0 Å². The van der Waals surface area contributed by atoms with Gasteiger partial charge in [-0.1, -0.05) is 31.9 Å². The SMILES string of the molecule is CC(C)(C)OC(=O)NCCc1cc(Br)ccc1Br. The molecule has 1 aromatic rings. The fourth-order valence-electron chi connectivity index (χ4n) is 1.35.